The van der Waals surface area contributed by atoms with Gasteiger partial charge in [0, 0.05) is 6.07 Å². The zero-order valence-electron chi connectivity index (χ0n) is 13.2. The van der Waals surface area contributed by atoms with Crippen molar-refractivity contribution < 1.29 is 13.5 Å². The predicted molar refractivity (Wildman–Crippen MR) is 98.6 cm³/mol. The van der Waals surface area contributed by atoms with E-state index in [1.54, 1.807) is 12.1 Å². The fraction of sp³-hybridized carbons (Fsp3) is 0.176. The summed E-state index contributed by atoms with van der Waals surface area (Å²) >= 11 is 6.43. The average molecular weight is 366 g/mol. The van der Waals surface area contributed by atoms with Crippen LogP contribution in [0.5, 0.6) is 5.75 Å². The maximum absolute atomic E-state index is 13.1. The molecule has 24 heavy (non-hydrogen) atoms. The van der Waals surface area contributed by atoms with Crippen LogP contribution in [-0.4, -0.2) is 16.3 Å². The van der Waals surface area contributed by atoms with Gasteiger partial charge in [-0.3, -0.25) is 5.43 Å². The lowest BCUT2D eigenvalue weighted by Crippen LogP contribution is -2.13. The fourth-order valence-corrected chi connectivity index (χ4v) is 2.08. The van der Waals surface area contributed by atoms with Gasteiger partial charge in [0.25, 0.3) is 0 Å². The number of hydrogen-bond acceptors (Lipinski definition) is 4. The number of halogens is 2. The van der Waals surface area contributed by atoms with E-state index in [0.717, 1.165) is 17.3 Å². The molecule has 0 aliphatic heterocycles. The first-order chi connectivity index (χ1) is 11.5. The molecule has 1 N–H and O–H groups in total. The SMILES string of the molecule is CSC(=S)N/N=C(\C)c1ccc(OCc2cc(F)cc(F)c2)cc1. The molecule has 7 heteroatoms. The number of nitrogens with zero attached hydrogens (tertiary/aromatic N) is 1. The van der Waals surface area contributed by atoms with Gasteiger partial charge in [0.2, 0.25) is 0 Å². The molecule has 126 valence electrons. The Morgan fingerprint density at radius 1 is 1.17 bits per heavy atom. The Balaban J connectivity index is 1.97. The summed E-state index contributed by atoms with van der Waals surface area (Å²) in [5, 5.41) is 4.19. The average Bonchev–Trinajstić information content (AvgIpc) is 2.57. The standard InChI is InChI=1S/C17H16F2N2OS2/c1-11(20-21-17(23)24-2)13-3-5-16(6-4-13)22-10-12-7-14(18)9-15(19)8-12/h3-9H,10H2,1-2H3,(H,21,23)/b20-11+. The molecule has 0 aromatic heterocycles. The Bertz CT molecular complexity index is 729. The quantitative estimate of drug-likeness (QED) is 0.480. The van der Waals surface area contributed by atoms with E-state index < -0.39 is 11.6 Å². The van der Waals surface area contributed by atoms with Gasteiger partial charge in [0.1, 0.15) is 24.0 Å². The summed E-state index contributed by atoms with van der Waals surface area (Å²) in [7, 11) is 0. The molecule has 2 aromatic rings. The van der Waals surface area contributed by atoms with Crippen molar-refractivity contribution in [2.75, 3.05) is 6.26 Å². The molecular formula is C17H16F2N2OS2. The van der Waals surface area contributed by atoms with Crippen LogP contribution >= 0.6 is 24.0 Å². The van der Waals surface area contributed by atoms with Gasteiger partial charge in [-0.25, -0.2) is 8.78 Å². The van der Waals surface area contributed by atoms with Crippen LogP contribution in [-0.2, 0) is 6.61 Å². The van der Waals surface area contributed by atoms with E-state index >= 15 is 0 Å². The van der Waals surface area contributed by atoms with E-state index in [1.165, 1.54) is 23.9 Å². The second kappa shape index (κ2) is 8.75. The molecule has 0 fully saturated rings. The fourth-order valence-electron chi connectivity index (χ4n) is 1.89. The minimum atomic E-state index is -0.619. The number of ether oxygens (including phenoxy) is 1. The number of benzene rings is 2. The van der Waals surface area contributed by atoms with E-state index in [1.807, 2.05) is 25.3 Å². The summed E-state index contributed by atoms with van der Waals surface area (Å²) in [5.74, 6) is -0.637. The number of hydrazone groups is 1. The first-order valence-electron chi connectivity index (χ1n) is 7.04. The van der Waals surface area contributed by atoms with E-state index in [9.17, 15) is 8.78 Å². The molecule has 0 aliphatic rings. The van der Waals surface area contributed by atoms with Crippen molar-refractivity contribution in [3.05, 3.63) is 65.2 Å². The summed E-state index contributed by atoms with van der Waals surface area (Å²) in [5.41, 5.74) is 4.91. The van der Waals surface area contributed by atoms with Crippen LogP contribution in [0.25, 0.3) is 0 Å². The largest absolute Gasteiger partial charge is 0.489 e. The first kappa shape index (κ1) is 18.4. The lowest BCUT2D eigenvalue weighted by Gasteiger charge is -2.08. The Kier molecular flexibility index (Phi) is 6.69. The van der Waals surface area contributed by atoms with Crippen LogP contribution in [0.3, 0.4) is 0 Å². The Hall–Kier alpha value is -1.99. The molecule has 0 saturated carbocycles. The van der Waals surface area contributed by atoms with Crippen molar-refractivity contribution in [3.8, 4) is 5.75 Å². The van der Waals surface area contributed by atoms with Crippen LogP contribution < -0.4 is 10.2 Å². The van der Waals surface area contributed by atoms with Gasteiger partial charge in [-0.15, -0.1) is 0 Å². The predicted octanol–water partition coefficient (Wildman–Crippen LogP) is 4.51. The maximum atomic E-state index is 13.1. The van der Waals surface area contributed by atoms with Gasteiger partial charge in [0.05, 0.1) is 5.71 Å². The third-order valence-corrected chi connectivity index (χ3v) is 4.15. The van der Waals surface area contributed by atoms with E-state index in [2.05, 4.69) is 10.5 Å². The second-order valence-corrected chi connectivity index (χ2v) is 6.37. The highest BCUT2D eigenvalue weighted by Gasteiger charge is 2.03. The molecule has 2 aromatic carbocycles. The van der Waals surface area contributed by atoms with Gasteiger partial charge in [-0.1, -0.05) is 24.0 Å². The van der Waals surface area contributed by atoms with Crippen molar-refractivity contribution >= 4 is 34.0 Å². The zero-order chi connectivity index (χ0) is 17.5. The summed E-state index contributed by atoms with van der Waals surface area (Å²) in [6.45, 7) is 1.95. The molecule has 0 spiro atoms. The molecule has 3 nitrogen and oxygen atoms in total. The normalized spacial score (nSPS) is 11.2. The molecule has 2 rings (SSSR count). The number of thiocarbonyl (C=S) groups is 1. The second-order valence-electron chi connectivity index (χ2n) is 4.89. The molecule has 0 bridgehead atoms. The third kappa shape index (κ3) is 5.58. The Morgan fingerprint density at radius 2 is 1.79 bits per heavy atom. The van der Waals surface area contributed by atoms with Crippen molar-refractivity contribution in [2.45, 2.75) is 13.5 Å². The summed E-state index contributed by atoms with van der Waals surface area (Å²) < 4.78 is 32.4. The number of hydrogen-bond donors (Lipinski definition) is 1. The summed E-state index contributed by atoms with van der Waals surface area (Å²) in [6, 6.07) is 10.6. The molecule has 0 atom stereocenters. The van der Waals surface area contributed by atoms with E-state index in [0.29, 0.717) is 15.6 Å². The van der Waals surface area contributed by atoms with Crippen LogP contribution in [0.15, 0.2) is 47.6 Å². The van der Waals surface area contributed by atoms with Crippen LogP contribution in [0.2, 0.25) is 0 Å². The lowest BCUT2D eigenvalue weighted by atomic mass is 10.1. The van der Waals surface area contributed by atoms with Crippen molar-refractivity contribution in [2.24, 2.45) is 5.10 Å². The Labute approximate surface area is 149 Å². The van der Waals surface area contributed by atoms with Crippen molar-refractivity contribution in [1.29, 1.82) is 0 Å². The number of thioether (sulfide) groups is 1. The van der Waals surface area contributed by atoms with Crippen LogP contribution in [0, 0.1) is 11.6 Å². The maximum Gasteiger partial charge on any atom is 0.153 e. The number of nitrogens with one attached hydrogen (secondary N) is 1. The molecule has 0 unspecified atom stereocenters. The minimum absolute atomic E-state index is 0.0879. The van der Waals surface area contributed by atoms with Crippen LogP contribution in [0.4, 0.5) is 8.78 Å². The van der Waals surface area contributed by atoms with Crippen LogP contribution in [0.1, 0.15) is 18.1 Å². The number of rotatable bonds is 5. The van der Waals surface area contributed by atoms with E-state index in [-0.39, 0.29) is 6.61 Å². The van der Waals surface area contributed by atoms with Gasteiger partial charge in [-0.2, -0.15) is 5.10 Å². The lowest BCUT2D eigenvalue weighted by molar-refractivity contribution is 0.305. The van der Waals surface area contributed by atoms with Gasteiger partial charge in [0.15, 0.2) is 4.32 Å². The highest BCUT2D eigenvalue weighted by atomic mass is 32.2. The Morgan fingerprint density at radius 3 is 2.38 bits per heavy atom. The van der Waals surface area contributed by atoms with Gasteiger partial charge >= 0.3 is 0 Å². The molecule has 0 heterocycles. The highest BCUT2D eigenvalue weighted by Crippen LogP contribution is 2.16. The topological polar surface area (TPSA) is 33.6 Å². The molecular weight excluding hydrogens is 350 g/mol. The smallest absolute Gasteiger partial charge is 0.153 e. The highest BCUT2D eigenvalue weighted by molar-refractivity contribution is 8.22. The molecule has 0 saturated heterocycles. The van der Waals surface area contributed by atoms with Crippen molar-refractivity contribution in [1.82, 2.24) is 5.43 Å². The van der Waals surface area contributed by atoms with Gasteiger partial charge in [-0.05, 0) is 60.7 Å². The third-order valence-electron chi connectivity index (χ3n) is 3.10. The molecule has 0 aliphatic carbocycles. The minimum Gasteiger partial charge on any atom is -0.489 e. The van der Waals surface area contributed by atoms with E-state index in [4.69, 9.17) is 17.0 Å². The molecule has 0 amide bonds. The van der Waals surface area contributed by atoms with Crippen molar-refractivity contribution in [3.63, 3.8) is 0 Å². The zero-order valence-corrected chi connectivity index (χ0v) is 14.8. The van der Waals surface area contributed by atoms with Gasteiger partial charge < -0.3 is 4.74 Å². The summed E-state index contributed by atoms with van der Waals surface area (Å²) in [6.07, 6.45) is 1.87. The monoisotopic (exact) mass is 366 g/mol. The first-order valence-corrected chi connectivity index (χ1v) is 8.67. The molecule has 0 radical (unpaired) electrons. The summed E-state index contributed by atoms with van der Waals surface area (Å²) in [4.78, 5) is 0.